The third-order valence-corrected chi connectivity index (χ3v) is 5.82. The van der Waals surface area contributed by atoms with Crippen molar-refractivity contribution in [3.63, 3.8) is 0 Å². The van der Waals surface area contributed by atoms with E-state index >= 15 is 0 Å². The van der Waals surface area contributed by atoms with Crippen molar-refractivity contribution in [2.24, 2.45) is 0 Å². The van der Waals surface area contributed by atoms with Crippen LogP contribution in [0.1, 0.15) is 34.9 Å². The fraction of sp³-hybridized carbons (Fsp3) is 0.167. The molecule has 0 aliphatic rings. The second-order valence-electron chi connectivity index (χ2n) is 6.91. The smallest absolute Gasteiger partial charge is 0.202 e. The monoisotopic (exact) mass is 419 g/mol. The Kier molecular flexibility index (Phi) is 6.55. The van der Waals surface area contributed by atoms with Gasteiger partial charge in [-0.1, -0.05) is 84.4 Å². The lowest BCUT2D eigenvalue weighted by molar-refractivity contribution is 0.744. The predicted octanol–water partition coefficient (Wildman–Crippen LogP) is 6.42. The normalized spacial score (nSPS) is 11.0. The summed E-state index contributed by atoms with van der Waals surface area (Å²) in [5.41, 5.74) is 3.83. The molecule has 29 heavy (non-hydrogen) atoms. The van der Waals surface area contributed by atoms with Crippen LogP contribution in [-0.4, -0.2) is 15.9 Å². The van der Waals surface area contributed by atoms with E-state index in [1.807, 2.05) is 24.3 Å². The number of benzene rings is 3. The first-order valence-electron chi connectivity index (χ1n) is 9.69. The minimum absolute atomic E-state index is 0.353. The first-order chi connectivity index (χ1) is 14.3. The maximum atomic E-state index is 5.95. The Morgan fingerprint density at radius 1 is 0.828 bits per heavy atom. The van der Waals surface area contributed by atoms with Crippen LogP contribution in [0.5, 0.6) is 0 Å². The molecule has 0 aliphatic heterocycles. The third-order valence-electron chi connectivity index (χ3n) is 4.86. The number of aromatic nitrogens is 2. The van der Waals surface area contributed by atoms with Crippen LogP contribution >= 0.6 is 23.1 Å². The van der Waals surface area contributed by atoms with Crippen molar-refractivity contribution in [2.75, 3.05) is 11.9 Å². The molecule has 3 nitrogen and oxygen atoms in total. The molecule has 0 saturated heterocycles. The summed E-state index contributed by atoms with van der Waals surface area (Å²) in [7, 11) is 0. The average Bonchev–Trinajstić information content (AvgIpc) is 3.21. The van der Waals surface area contributed by atoms with E-state index in [4.69, 9.17) is 11.6 Å². The van der Waals surface area contributed by atoms with Gasteiger partial charge in [-0.05, 0) is 35.2 Å². The minimum Gasteiger partial charge on any atom is -0.360 e. The lowest BCUT2D eigenvalue weighted by Crippen LogP contribution is -2.09. The third kappa shape index (κ3) is 5.43. The Morgan fingerprint density at radius 3 is 2.07 bits per heavy atom. The fourth-order valence-corrected chi connectivity index (χ4v) is 4.14. The predicted molar refractivity (Wildman–Crippen MR) is 122 cm³/mol. The molecule has 4 aromatic rings. The van der Waals surface area contributed by atoms with Crippen molar-refractivity contribution in [1.82, 2.24) is 9.36 Å². The Morgan fingerprint density at radius 2 is 1.45 bits per heavy atom. The van der Waals surface area contributed by atoms with Gasteiger partial charge in [0.15, 0.2) is 0 Å². The lowest BCUT2D eigenvalue weighted by atomic mass is 9.88. The zero-order valence-electron chi connectivity index (χ0n) is 16.0. The van der Waals surface area contributed by atoms with Crippen molar-refractivity contribution in [3.8, 4) is 0 Å². The molecule has 0 aliphatic carbocycles. The zero-order valence-corrected chi connectivity index (χ0v) is 17.5. The molecule has 0 bridgehead atoms. The summed E-state index contributed by atoms with van der Waals surface area (Å²) in [6, 6.07) is 29.2. The molecule has 0 spiro atoms. The summed E-state index contributed by atoms with van der Waals surface area (Å²) in [6.45, 7) is 0.837. The molecular weight excluding hydrogens is 398 g/mol. The Labute approximate surface area is 180 Å². The molecule has 1 N–H and O–H groups in total. The van der Waals surface area contributed by atoms with Crippen molar-refractivity contribution in [3.05, 3.63) is 112 Å². The SMILES string of the molecule is Clc1ccc(Cc2nsc(NCCC(c3ccccc3)c3ccccc3)n2)cc1. The Hall–Kier alpha value is -2.69. The van der Waals surface area contributed by atoms with E-state index in [0.29, 0.717) is 12.3 Å². The summed E-state index contributed by atoms with van der Waals surface area (Å²) in [4.78, 5) is 4.63. The Balaban J connectivity index is 1.38. The van der Waals surface area contributed by atoms with Crippen LogP contribution < -0.4 is 5.32 Å². The number of rotatable bonds is 8. The van der Waals surface area contributed by atoms with Crippen LogP contribution in [0.2, 0.25) is 5.02 Å². The summed E-state index contributed by atoms with van der Waals surface area (Å²) < 4.78 is 4.48. The van der Waals surface area contributed by atoms with Crippen molar-refractivity contribution in [1.29, 1.82) is 0 Å². The van der Waals surface area contributed by atoms with Gasteiger partial charge in [0, 0.05) is 35.4 Å². The standard InChI is InChI=1S/C24H22ClN3S/c25-21-13-11-18(12-14-21)17-23-27-24(29-28-23)26-16-15-22(19-7-3-1-4-8-19)20-9-5-2-6-10-20/h1-14,22H,15-17H2,(H,26,27,28). The molecule has 1 aromatic heterocycles. The zero-order chi connectivity index (χ0) is 19.9. The van der Waals surface area contributed by atoms with E-state index in [0.717, 1.165) is 34.5 Å². The molecule has 3 aromatic carbocycles. The average molecular weight is 420 g/mol. The second-order valence-corrected chi connectivity index (χ2v) is 8.10. The van der Waals surface area contributed by atoms with Gasteiger partial charge >= 0.3 is 0 Å². The fourth-order valence-electron chi connectivity index (χ4n) is 3.40. The topological polar surface area (TPSA) is 37.8 Å². The van der Waals surface area contributed by atoms with Crippen LogP contribution in [0.4, 0.5) is 5.13 Å². The number of nitrogens with zero attached hydrogens (tertiary/aromatic N) is 2. The number of hydrogen-bond acceptors (Lipinski definition) is 4. The molecule has 0 amide bonds. The van der Waals surface area contributed by atoms with E-state index in [1.54, 1.807) is 0 Å². The highest BCUT2D eigenvalue weighted by atomic mass is 35.5. The molecule has 0 atom stereocenters. The molecule has 0 saturated carbocycles. The number of anilines is 1. The highest BCUT2D eigenvalue weighted by molar-refractivity contribution is 7.09. The van der Waals surface area contributed by atoms with Gasteiger partial charge in [0.2, 0.25) is 5.13 Å². The lowest BCUT2D eigenvalue weighted by Gasteiger charge is -2.18. The van der Waals surface area contributed by atoms with E-state index in [2.05, 4.69) is 75.3 Å². The first kappa shape index (κ1) is 19.6. The largest absolute Gasteiger partial charge is 0.360 e. The van der Waals surface area contributed by atoms with Gasteiger partial charge in [-0.15, -0.1) is 0 Å². The number of nitrogens with one attached hydrogen (secondary N) is 1. The van der Waals surface area contributed by atoms with Crippen LogP contribution in [0.3, 0.4) is 0 Å². The maximum Gasteiger partial charge on any atom is 0.202 e. The quantitative estimate of drug-likeness (QED) is 0.358. The highest BCUT2D eigenvalue weighted by Gasteiger charge is 2.14. The summed E-state index contributed by atoms with van der Waals surface area (Å²) in [5, 5.41) is 5.07. The van der Waals surface area contributed by atoms with E-state index in [-0.39, 0.29) is 0 Å². The molecular formula is C24H22ClN3S. The van der Waals surface area contributed by atoms with Crippen molar-refractivity contribution in [2.45, 2.75) is 18.8 Å². The summed E-state index contributed by atoms with van der Waals surface area (Å²) in [5.74, 6) is 1.19. The van der Waals surface area contributed by atoms with Gasteiger partial charge in [-0.25, -0.2) is 4.98 Å². The summed E-state index contributed by atoms with van der Waals surface area (Å²) in [6.07, 6.45) is 1.70. The van der Waals surface area contributed by atoms with Gasteiger partial charge in [-0.2, -0.15) is 4.37 Å². The van der Waals surface area contributed by atoms with Crippen LogP contribution in [0, 0.1) is 0 Å². The van der Waals surface area contributed by atoms with Crippen LogP contribution in [0.15, 0.2) is 84.9 Å². The molecule has 5 heteroatoms. The summed E-state index contributed by atoms with van der Waals surface area (Å²) >= 11 is 7.37. The van der Waals surface area contributed by atoms with E-state index in [1.165, 1.54) is 22.7 Å². The van der Waals surface area contributed by atoms with Crippen LogP contribution in [-0.2, 0) is 6.42 Å². The van der Waals surface area contributed by atoms with E-state index in [9.17, 15) is 0 Å². The molecule has 146 valence electrons. The molecule has 0 radical (unpaired) electrons. The van der Waals surface area contributed by atoms with Crippen molar-refractivity contribution >= 4 is 28.3 Å². The number of hydrogen-bond donors (Lipinski definition) is 1. The van der Waals surface area contributed by atoms with Gasteiger partial charge in [0.05, 0.1) is 0 Å². The first-order valence-corrected chi connectivity index (χ1v) is 10.8. The van der Waals surface area contributed by atoms with Crippen LogP contribution in [0.25, 0.3) is 0 Å². The van der Waals surface area contributed by atoms with E-state index < -0.39 is 0 Å². The molecule has 1 heterocycles. The highest BCUT2D eigenvalue weighted by Crippen LogP contribution is 2.28. The molecule has 0 fully saturated rings. The molecule has 0 unspecified atom stereocenters. The minimum atomic E-state index is 0.353. The molecule has 4 rings (SSSR count). The van der Waals surface area contributed by atoms with Crippen molar-refractivity contribution < 1.29 is 0 Å². The van der Waals surface area contributed by atoms with Gasteiger partial charge < -0.3 is 5.32 Å². The van der Waals surface area contributed by atoms with Gasteiger partial charge in [0.25, 0.3) is 0 Å². The van der Waals surface area contributed by atoms with Gasteiger partial charge in [-0.3, -0.25) is 0 Å². The Bertz CT molecular complexity index is 977. The second kappa shape index (κ2) is 9.68. The van der Waals surface area contributed by atoms with Gasteiger partial charge in [0.1, 0.15) is 5.82 Å². The maximum absolute atomic E-state index is 5.95. The number of halogens is 1.